The average Bonchev–Trinajstić information content (AvgIpc) is 2.43. The van der Waals surface area contributed by atoms with Crippen molar-refractivity contribution in [3.8, 4) is 17.2 Å². The zero-order chi connectivity index (χ0) is 14.0. The summed E-state index contributed by atoms with van der Waals surface area (Å²) >= 11 is 0. The fourth-order valence-corrected chi connectivity index (χ4v) is 2.63. The monoisotopic (exact) mass is 266 g/mol. The Morgan fingerprint density at radius 1 is 1.11 bits per heavy atom. The third-order valence-corrected chi connectivity index (χ3v) is 3.56. The van der Waals surface area contributed by atoms with E-state index in [1.54, 1.807) is 21.3 Å². The SMILES string of the molecule is COc1cc2c(c(OC)c1OC)[C@H](N(C)C)CNC2. The van der Waals surface area contributed by atoms with Crippen molar-refractivity contribution in [2.45, 2.75) is 12.6 Å². The molecule has 0 saturated heterocycles. The largest absolute Gasteiger partial charge is 0.493 e. The lowest BCUT2D eigenvalue weighted by molar-refractivity contribution is 0.258. The highest BCUT2D eigenvalue weighted by Gasteiger charge is 2.29. The average molecular weight is 266 g/mol. The van der Waals surface area contributed by atoms with Gasteiger partial charge < -0.3 is 24.4 Å². The number of ether oxygens (including phenoxy) is 3. The van der Waals surface area contributed by atoms with E-state index >= 15 is 0 Å². The van der Waals surface area contributed by atoms with Crippen molar-refractivity contribution >= 4 is 0 Å². The second-order valence-electron chi connectivity index (χ2n) is 4.83. The Balaban J connectivity index is 2.65. The second kappa shape index (κ2) is 5.67. The third kappa shape index (κ3) is 2.35. The summed E-state index contributed by atoms with van der Waals surface area (Å²) in [6.45, 7) is 1.71. The molecule has 0 amide bonds. The van der Waals surface area contributed by atoms with Crippen molar-refractivity contribution in [3.63, 3.8) is 0 Å². The smallest absolute Gasteiger partial charge is 0.203 e. The Morgan fingerprint density at radius 3 is 2.32 bits per heavy atom. The number of fused-ring (bicyclic) bond motifs is 1. The number of hydrogen-bond donors (Lipinski definition) is 1. The van der Waals surface area contributed by atoms with Crippen molar-refractivity contribution in [3.05, 3.63) is 17.2 Å². The Labute approximate surface area is 114 Å². The number of methoxy groups -OCH3 is 3. The van der Waals surface area contributed by atoms with Crippen LogP contribution in [0, 0.1) is 0 Å². The van der Waals surface area contributed by atoms with Gasteiger partial charge in [-0.2, -0.15) is 0 Å². The van der Waals surface area contributed by atoms with Crippen LogP contribution in [0.3, 0.4) is 0 Å². The molecule has 1 aromatic rings. The molecule has 1 aromatic carbocycles. The van der Waals surface area contributed by atoms with E-state index in [0.717, 1.165) is 18.8 Å². The maximum atomic E-state index is 5.60. The van der Waals surface area contributed by atoms with Crippen molar-refractivity contribution in [1.29, 1.82) is 0 Å². The Morgan fingerprint density at radius 2 is 1.79 bits per heavy atom. The summed E-state index contributed by atoms with van der Waals surface area (Å²) in [6.07, 6.45) is 0. The molecule has 0 fully saturated rings. The fourth-order valence-electron chi connectivity index (χ4n) is 2.63. The summed E-state index contributed by atoms with van der Waals surface area (Å²) in [5.41, 5.74) is 2.38. The normalized spacial score (nSPS) is 18.1. The predicted molar refractivity (Wildman–Crippen MR) is 74.2 cm³/mol. The number of benzene rings is 1. The van der Waals surface area contributed by atoms with Crippen LogP contribution in [0.25, 0.3) is 0 Å². The van der Waals surface area contributed by atoms with Crippen LogP contribution in [0.2, 0.25) is 0 Å². The van der Waals surface area contributed by atoms with Crippen LogP contribution < -0.4 is 19.5 Å². The molecule has 0 saturated carbocycles. The van der Waals surface area contributed by atoms with Gasteiger partial charge in [-0.05, 0) is 25.7 Å². The Hall–Kier alpha value is -1.46. The number of rotatable bonds is 4. The molecule has 1 aliphatic heterocycles. The molecule has 1 atom stereocenters. The maximum Gasteiger partial charge on any atom is 0.203 e. The van der Waals surface area contributed by atoms with Crippen molar-refractivity contribution in [2.24, 2.45) is 0 Å². The highest BCUT2D eigenvalue weighted by molar-refractivity contribution is 5.60. The van der Waals surface area contributed by atoms with Gasteiger partial charge in [0.1, 0.15) is 0 Å². The van der Waals surface area contributed by atoms with E-state index in [1.807, 2.05) is 6.07 Å². The first-order chi connectivity index (χ1) is 9.13. The molecule has 0 radical (unpaired) electrons. The van der Waals surface area contributed by atoms with Gasteiger partial charge in [0.15, 0.2) is 11.5 Å². The molecule has 1 heterocycles. The van der Waals surface area contributed by atoms with Gasteiger partial charge in [0.2, 0.25) is 5.75 Å². The fraction of sp³-hybridized carbons (Fsp3) is 0.571. The highest BCUT2D eigenvalue weighted by Crippen LogP contribution is 2.46. The van der Waals surface area contributed by atoms with E-state index in [-0.39, 0.29) is 6.04 Å². The van der Waals surface area contributed by atoms with Crippen LogP contribution in [-0.4, -0.2) is 46.9 Å². The highest BCUT2D eigenvalue weighted by atomic mass is 16.5. The molecule has 2 rings (SSSR count). The standard InChI is InChI=1S/C14H22N2O3/c1-16(2)10-8-15-7-9-6-11(17-3)13(18-4)14(19-5)12(9)10/h6,10,15H,7-8H2,1-5H3/t10-/m1/s1. The summed E-state index contributed by atoms with van der Waals surface area (Å²) < 4.78 is 16.5. The molecule has 0 unspecified atom stereocenters. The molecule has 106 valence electrons. The van der Waals surface area contributed by atoms with Crippen LogP contribution in [0.4, 0.5) is 0 Å². The van der Waals surface area contributed by atoms with E-state index in [0.29, 0.717) is 11.5 Å². The third-order valence-electron chi connectivity index (χ3n) is 3.56. The zero-order valence-electron chi connectivity index (χ0n) is 12.2. The van der Waals surface area contributed by atoms with Crippen LogP contribution in [0.1, 0.15) is 17.2 Å². The van der Waals surface area contributed by atoms with E-state index < -0.39 is 0 Å². The van der Waals surface area contributed by atoms with E-state index in [4.69, 9.17) is 14.2 Å². The molecule has 0 aromatic heterocycles. The van der Waals surface area contributed by atoms with E-state index in [1.165, 1.54) is 11.1 Å². The molecule has 1 aliphatic rings. The predicted octanol–water partition coefficient (Wildman–Crippen LogP) is 1.42. The van der Waals surface area contributed by atoms with Gasteiger partial charge in [0.05, 0.1) is 27.4 Å². The van der Waals surface area contributed by atoms with Crippen LogP contribution in [-0.2, 0) is 6.54 Å². The number of likely N-dealkylation sites (N-methyl/N-ethyl adjacent to an activating group) is 1. The van der Waals surface area contributed by atoms with Gasteiger partial charge >= 0.3 is 0 Å². The van der Waals surface area contributed by atoms with Gasteiger partial charge in [0, 0.05) is 18.7 Å². The maximum absolute atomic E-state index is 5.60. The van der Waals surface area contributed by atoms with Crippen molar-refractivity contribution in [2.75, 3.05) is 42.0 Å². The summed E-state index contributed by atoms with van der Waals surface area (Å²) in [5, 5.41) is 3.42. The molecular formula is C14H22N2O3. The van der Waals surface area contributed by atoms with Gasteiger partial charge in [0.25, 0.3) is 0 Å². The minimum absolute atomic E-state index is 0.263. The van der Waals surface area contributed by atoms with Crippen molar-refractivity contribution in [1.82, 2.24) is 10.2 Å². The topological polar surface area (TPSA) is 43.0 Å². The second-order valence-corrected chi connectivity index (χ2v) is 4.83. The Bertz CT molecular complexity index is 460. The number of hydrogen-bond acceptors (Lipinski definition) is 5. The van der Waals surface area contributed by atoms with Gasteiger partial charge in [-0.3, -0.25) is 0 Å². The molecule has 0 bridgehead atoms. The summed E-state index contributed by atoms with van der Waals surface area (Å²) in [6, 6.07) is 2.29. The first-order valence-corrected chi connectivity index (χ1v) is 6.32. The summed E-state index contributed by atoms with van der Waals surface area (Å²) in [5.74, 6) is 2.15. The zero-order valence-corrected chi connectivity index (χ0v) is 12.2. The molecule has 5 heteroatoms. The van der Waals surface area contributed by atoms with Crippen molar-refractivity contribution < 1.29 is 14.2 Å². The lowest BCUT2D eigenvalue weighted by atomic mass is 9.94. The van der Waals surface area contributed by atoms with Crippen LogP contribution in [0.5, 0.6) is 17.2 Å². The minimum atomic E-state index is 0.263. The molecule has 1 N–H and O–H groups in total. The minimum Gasteiger partial charge on any atom is -0.493 e. The van der Waals surface area contributed by atoms with E-state index in [2.05, 4.69) is 24.3 Å². The molecule has 0 spiro atoms. The Kier molecular flexibility index (Phi) is 4.17. The molecule has 5 nitrogen and oxygen atoms in total. The lowest BCUT2D eigenvalue weighted by Crippen LogP contribution is -2.36. The van der Waals surface area contributed by atoms with Gasteiger partial charge in [-0.15, -0.1) is 0 Å². The lowest BCUT2D eigenvalue weighted by Gasteiger charge is -2.33. The summed E-state index contributed by atoms with van der Waals surface area (Å²) in [7, 11) is 9.09. The van der Waals surface area contributed by atoms with Gasteiger partial charge in [-0.1, -0.05) is 0 Å². The molecular weight excluding hydrogens is 244 g/mol. The van der Waals surface area contributed by atoms with Gasteiger partial charge in [-0.25, -0.2) is 0 Å². The molecule has 0 aliphatic carbocycles. The van der Waals surface area contributed by atoms with E-state index in [9.17, 15) is 0 Å². The summed E-state index contributed by atoms with van der Waals surface area (Å²) in [4.78, 5) is 2.18. The first-order valence-electron chi connectivity index (χ1n) is 6.32. The number of nitrogens with one attached hydrogen (secondary N) is 1. The number of nitrogens with zero attached hydrogens (tertiary/aromatic N) is 1. The quantitative estimate of drug-likeness (QED) is 0.893. The van der Waals surface area contributed by atoms with Crippen LogP contribution >= 0.6 is 0 Å². The molecule has 19 heavy (non-hydrogen) atoms. The first kappa shape index (κ1) is 14.0. The van der Waals surface area contributed by atoms with Crippen LogP contribution in [0.15, 0.2) is 6.07 Å².